The lowest BCUT2D eigenvalue weighted by Crippen LogP contribution is -2.55. The number of urea groups is 1. The van der Waals surface area contributed by atoms with Crippen molar-refractivity contribution in [1.29, 1.82) is 0 Å². The second-order valence-corrected chi connectivity index (χ2v) is 7.76. The van der Waals surface area contributed by atoms with Crippen molar-refractivity contribution in [3.63, 3.8) is 0 Å². The highest BCUT2D eigenvalue weighted by atomic mass is 16.5. The third-order valence-electron chi connectivity index (χ3n) is 4.94. The molecule has 0 spiro atoms. The van der Waals surface area contributed by atoms with Gasteiger partial charge in [-0.25, -0.2) is 9.59 Å². The standard InChI is InChI=1S/C21H32N2O3/c1-15(2)13-19(20(24)26-14-18-11-6-5-7-12-18)22-21(25)23-16(3)9-8-10-17(23)4/h5-7,11-12,15-17,19H,8-10,13-14H2,1-4H3,(H,22,25)/t16-,17+,19-/m0/s1. The minimum atomic E-state index is -0.618. The Morgan fingerprint density at radius 2 is 1.77 bits per heavy atom. The minimum absolute atomic E-state index is 0.160. The van der Waals surface area contributed by atoms with Gasteiger partial charge in [0.25, 0.3) is 0 Å². The van der Waals surface area contributed by atoms with Crippen LogP contribution in [0.2, 0.25) is 0 Å². The number of nitrogens with one attached hydrogen (secondary N) is 1. The van der Waals surface area contributed by atoms with E-state index in [1.807, 2.05) is 49.1 Å². The van der Waals surface area contributed by atoms with Crippen molar-refractivity contribution in [2.75, 3.05) is 0 Å². The van der Waals surface area contributed by atoms with Crippen molar-refractivity contribution in [3.8, 4) is 0 Å². The molecule has 3 atom stereocenters. The third-order valence-corrected chi connectivity index (χ3v) is 4.94. The van der Waals surface area contributed by atoms with E-state index < -0.39 is 6.04 Å². The SMILES string of the molecule is CC(C)C[C@H](NC(=O)N1[C@H](C)CCC[C@@H]1C)C(=O)OCc1ccccc1. The van der Waals surface area contributed by atoms with Crippen LogP contribution in [-0.2, 0) is 16.1 Å². The number of piperidine rings is 1. The van der Waals surface area contributed by atoms with Gasteiger partial charge in [-0.3, -0.25) is 0 Å². The van der Waals surface area contributed by atoms with Crippen molar-refractivity contribution in [1.82, 2.24) is 10.2 Å². The van der Waals surface area contributed by atoms with Gasteiger partial charge in [0.2, 0.25) is 0 Å². The van der Waals surface area contributed by atoms with Crippen LogP contribution in [0.1, 0.15) is 58.9 Å². The summed E-state index contributed by atoms with van der Waals surface area (Å²) in [6.07, 6.45) is 3.72. The first kappa shape index (κ1) is 20.3. The Bertz CT molecular complexity index is 578. The number of nitrogens with zero attached hydrogens (tertiary/aromatic N) is 1. The summed E-state index contributed by atoms with van der Waals surface area (Å²) < 4.78 is 5.46. The van der Waals surface area contributed by atoms with Crippen molar-refractivity contribution in [2.45, 2.75) is 78.1 Å². The van der Waals surface area contributed by atoms with Gasteiger partial charge in [-0.15, -0.1) is 0 Å². The van der Waals surface area contributed by atoms with E-state index in [2.05, 4.69) is 19.2 Å². The number of benzene rings is 1. The number of hydrogen-bond donors (Lipinski definition) is 1. The zero-order valence-electron chi connectivity index (χ0n) is 16.4. The molecule has 0 aromatic heterocycles. The van der Waals surface area contributed by atoms with E-state index in [1.165, 1.54) is 0 Å². The van der Waals surface area contributed by atoms with Crippen LogP contribution in [0.4, 0.5) is 4.79 Å². The average molecular weight is 360 g/mol. The summed E-state index contributed by atoms with van der Waals surface area (Å²) >= 11 is 0. The molecule has 1 saturated heterocycles. The molecule has 0 aliphatic carbocycles. The molecule has 1 aromatic carbocycles. The van der Waals surface area contributed by atoms with Gasteiger partial charge in [0, 0.05) is 12.1 Å². The maximum Gasteiger partial charge on any atom is 0.329 e. The Labute approximate surface area is 157 Å². The fraction of sp³-hybridized carbons (Fsp3) is 0.619. The molecule has 5 nitrogen and oxygen atoms in total. The summed E-state index contributed by atoms with van der Waals surface area (Å²) in [5.74, 6) is -0.0889. The van der Waals surface area contributed by atoms with E-state index in [-0.39, 0.29) is 36.6 Å². The second-order valence-electron chi connectivity index (χ2n) is 7.76. The summed E-state index contributed by atoms with van der Waals surface area (Å²) in [5.41, 5.74) is 0.939. The first-order valence-corrected chi connectivity index (χ1v) is 9.68. The molecular formula is C21H32N2O3. The van der Waals surface area contributed by atoms with Crippen LogP contribution in [0.15, 0.2) is 30.3 Å². The first-order valence-electron chi connectivity index (χ1n) is 9.68. The highest BCUT2D eigenvalue weighted by Gasteiger charge is 2.32. The van der Waals surface area contributed by atoms with E-state index in [4.69, 9.17) is 4.74 Å². The van der Waals surface area contributed by atoms with Gasteiger partial charge < -0.3 is 15.0 Å². The van der Waals surface area contributed by atoms with Crippen LogP contribution in [-0.4, -0.2) is 35.0 Å². The molecule has 144 valence electrons. The van der Waals surface area contributed by atoms with Gasteiger partial charge in [0.15, 0.2) is 0 Å². The highest BCUT2D eigenvalue weighted by Crippen LogP contribution is 2.22. The normalized spacial score (nSPS) is 21.3. The number of carbonyl (C=O) groups is 2. The van der Waals surface area contributed by atoms with Crippen LogP contribution < -0.4 is 5.32 Å². The molecule has 5 heteroatoms. The summed E-state index contributed by atoms with van der Waals surface area (Å²) in [6.45, 7) is 8.44. The van der Waals surface area contributed by atoms with Gasteiger partial charge in [-0.1, -0.05) is 44.2 Å². The predicted octanol–water partition coefficient (Wildman–Crippen LogP) is 4.12. The molecular weight excluding hydrogens is 328 g/mol. The molecule has 0 radical (unpaired) electrons. The topological polar surface area (TPSA) is 58.6 Å². The second kappa shape index (κ2) is 9.60. The smallest absolute Gasteiger partial charge is 0.329 e. The fourth-order valence-electron chi connectivity index (χ4n) is 3.56. The van der Waals surface area contributed by atoms with Gasteiger partial charge >= 0.3 is 12.0 Å². The molecule has 1 heterocycles. The van der Waals surface area contributed by atoms with E-state index in [1.54, 1.807) is 0 Å². The van der Waals surface area contributed by atoms with Crippen molar-refractivity contribution in [2.24, 2.45) is 5.92 Å². The maximum atomic E-state index is 12.8. The van der Waals surface area contributed by atoms with Crippen LogP contribution in [0, 0.1) is 5.92 Å². The average Bonchev–Trinajstić information content (AvgIpc) is 2.59. The van der Waals surface area contributed by atoms with E-state index in [0.29, 0.717) is 6.42 Å². The van der Waals surface area contributed by atoms with Crippen molar-refractivity contribution in [3.05, 3.63) is 35.9 Å². The number of amides is 2. The van der Waals surface area contributed by atoms with Gasteiger partial charge in [-0.05, 0) is 51.0 Å². The molecule has 1 aliphatic heterocycles. The molecule has 0 saturated carbocycles. The van der Waals surface area contributed by atoms with E-state index in [9.17, 15) is 9.59 Å². The molecule has 1 N–H and O–H groups in total. The third kappa shape index (κ3) is 5.75. The maximum absolute atomic E-state index is 12.8. The molecule has 0 unspecified atom stereocenters. The Hall–Kier alpha value is -2.04. The van der Waals surface area contributed by atoms with Crippen molar-refractivity contribution >= 4 is 12.0 Å². The fourth-order valence-corrected chi connectivity index (χ4v) is 3.56. The molecule has 2 rings (SSSR count). The van der Waals surface area contributed by atoms with Crippen molar-refractivity contribution < 1.29 is 14.3 Å². The lowest BCUT2D eigenvalue weighted by molar-refractivity contribution is -0.147. The van der Waals surface area contributed by atoms with Crippen LogP contribution in [0.3, 0.4) is 0 Å². The summed E-state index contributed by atoms with van der Waals surface area (Å²) in [6, 6.07) is 9.19. The molecule has 1 aliphatic rings. The number of likely N-dealkylation sites (tertiary alicyclic amines) is 1. The molecule has 1 aromatic rings. The van der Waals surface area contributed by atoms with Crippen LogP contribution in [0.25, 0.3) is 0 Å². The zero-order valence-corrected chi connectivity index (χ0v) is 16.4. The summed E-state index contributed by atoms with van der Waals surface area (Å²) in [7, 11) is 0. The Kier molecular flexibility index (Phi) is 7.49. The highest BCUT2D eigenvalue weighted by molar-refractivity contribution is 5.84. The number of carbonyl (C=O) groups excluding carboxylic acids is 2. The molecule has 1 fully saturated rings. The number of esters is 1. The van der Waals surface area contributed by atoms with Gasteiger partial charge in [0.1, 0.15) is 12.6 Å². The molecule has 26 heavy (non-hydrogen) atoms. The van der Waals surface area contributed by atoms with Crippen LogP contribution in [0.5, 0.6) is 0 Å². The van der Waals surface area contributed by atoms with E-state index >= 15 is 0 Å². The minimum Gasteiger partial charge on any atom is -0.459 e. The van der Waals surface area contributed by atoms with Crippen LogP contribution >= 0.6 is 0 Å². The van der Waals surface area contributed by atoms with E-state index in [0.717, 1.165) is 24.8 Å². The first-order chi connectivity index (χ1) is 12.4. The largest absolute Gasteiger partial charge is 0.459 e. The number of ether oxygens (including phenoxy) is 1. The monoisotopic (exact) mass is 360 g/mol. The Balaban J connectivity index is 1.99. The molecule has 0 bridgehead atoms. The quantitative estimate of drug-likeness (QED) is 0.777. The lowest BCUT2D eigenvalue weighted by atomic mass is 9.98. The van der Waals surface area contributed by atoms with Gasteiger partial charge in [0.05, 0.1) is 0 Å². The Morgan fingerprint density at radius 1 is 1.15 bits per heavy atom. The lowest BCUT2D eigenvalue weighted by Gasteiger charge is -2.39. The zero-order chi connectivity index (χ0) is 19.1. The molecule has 2 amide bonds. The summed E-state index contributed by atoms with van der Waals surface area (Å²) in [4.78, 5) is 27.3. The Morgan fingerprint density at radius 3 is 2.35 bits per heavy atom. The number of hydrogen-bond acceptors (Lipinski definition) is 3. The summed E-state index contributed by atoms with van der Waals surface area (Å²) in [5, 5.41) is 2.93. The van der Waals surface area contributed by atoms with Gasteiger partial charge in [-0.2, -0.15) is 0 Å². The number of rotatable bonds is 6. The predicted molar refractivity (Wildman–Crippen MR) is 103 cm³/mol.